The van der Waals surface area contributed by atoms with Crippen LogP contribution >= 0.6 is 0 Å². The van der Waals surface area contributed by atoms with Gasteiger partial charge in [-0.25, -0.2) is 9.97 Å². The van der Waals surface area contributed by atoms with Crippen LogP contribution in [-0.4, -0.2) is 120 Å². The first-order valence-electron chi connectivity index (χ1n) is 25.9. The molecule has 372 valence electrons. The van der Waals surface area contributed by atoms with Crippen LogP contribution in [0.5, 0.6) is 0 Å². The fraction of sp³-hybridized carbons (Fsp3) is 0.604. The van der Waals surface area contributed by atoms with Crippen molar-refractivity contribution in [3.8, 4) is 0 Å². The molecule has 0 aliphatic carbocycles. The molecule has 1 spiro atoms. The zero-order chi connectivity index (χ0) is 48.2. The van der Waals surface area contributed by atoms with Crippen LogP contribution in [0.3, 0.4) is 0 Å². The predicted molar refractivity (Wildman–Crippen MR) is 270 cm³/mol. The van der Waals surface area contributed by atoms with Gasteiger partial charge in [-0.2, -0.15) is 0 Å². The second kappa shape index (κ2) is 23.2. The van der Waals surface area contributed by atoms with Crippen LogP contribution in [-0.2, 0) is 32.3 Å². The molecule has 5 N–H and O–H groups in total. The third kappa shape index (κ3) is 13.5. The molecule has 0 radical (unpaired) electrons. The Morgan fingerprint density at radius 1 is 0.754 bits per heavy atom. The molecule has 5 amide bonds. The molecule has 4 saturated heterocycles. The lowest BCUT2D eigenvalue weighted by atomic mass is 9.82. The Hall–Kier alpha value is -5.77. The van der Waals surface area contributed by atoms with Crippen LogP contribution in [0, 0.1) is 5.41 Å². The molecule has 16 nitrogen and oxygen atoms in total. The number of piperazine rings is 1. The van der Waals surface area contributed by atoms with Crippen molar-refractivity contribution in [2.24, 2.45) is 5.41 Å². The number of anilines is 4. The number of likely N-dealkylation sites (tertiary alicyclic amines) is 1. The first kappa shape index (κ1) is 49.6. The first-order chi connectivity index (χ1) is 33.4. The molecule has 5 aliphatic rings. The van der Waals surface area contributed by atoms with Crippen LogP contribution < -0.4 is 36.4 Å². The summed E-state index contributed by atoms with van der Waals surface area (Å²) in [5.41, 5.74) is 5.10. The number of fused-ring (bicyclic) bond motifs is 1. The number of amides is 5. The highest BCUT2D eigenvalue weighted by atomic mass is 16.2. The van der Waals surface area contributed by atoms with E-state index in [0.717, 1.165) is 132 Å². The summed E-state index contributed by atoms with van der Waals surface area (Å²) in [5.74, 6) is 1.01. The van der Waals surface area contributed by atoms with Crippen molar-refractivity contribution in [2.75, 3.05) is 79.3 Å². The number of rotatable bonds is 22. The quantitative estimate of drug-likeness (QED) is 0.0555. The molecule has 6 heterocycles. The fourth-order valence-electron chi connectivity index (χ4n) is 10.7. The summed E-state index contributed by atoms with van der Waals surface area (Å²) in [7, 11) is 0. The maximum absolute atomic E-state index is 13.1. The van der Waals surface area contributed by atoms with Crippen molar-refractivity contribution in [3.63, 3.8) is 0 Å². The highest BCUT2D eigenvalue weighted by molar-refractivity contribution is 6.06. The van der Waals surface area contributed by atoms with Gasteiger partial charge in [-0.1, -0.05) is 70.6 Å². The molecule has 0 saturated carbocycles. The number of hydrogen-bond acceptors (Lipinski definition) is 12. The average molecular weight is 946 g/mol. The summed E-state index contributed by atoms with van der Waals surface area (Å²) >= 11 is 0. The van der Waals surface area contributed by atoms with Crippen LogP contribution in [0.15, 0.2) is 54.9 Å². The van der Waals surface area contributed by atoms with Gasteiger partial charge in [0.2, 0.25) is 23.6 Å². The van der Waals surface area contributed by atoms with Crippen molar-refractivity contribution in [3.05, 3.63) is 71.5 Å². The monoisotopic (exact) mass is 946 g/mol. The molecule has 8 rings (SSSR count). The number of carbonyl (C=O) groups is 5. The Morgan fingerprint density at radius 3 is 2.23 bits per heavy atom. The number of piperidine rings is 3. The molecular formula is C53H75N11O5. The fourth-order valence-corrected chi connectivity index (χ4v) is 10.7. The third-order valence-electron chi connectivity index (χ3n) is 15.1. The van der Waals surface area contributed by atoms with Gasteiger partial charge in [0.1, 0.15) is 24.0 Å². The lowest BCUT2D eigenvalue weighted by Gasteiger charge is -2.48. The predicted octanol–water partition coefficient (Wildman–Crippen LogP) is 6.38. The number of unbranched alkanes of at least 4 members (excludes halogenated alkanes) is 7. The second-order valence-electron chi connectivity index (χ2n) is 20.9. The van der Waals surface area contributed by atoms with Crippen LogP contribution in [0.4, 0.5) is 23.0 Å². The van der Waals surface area contributed by atoms with E-state index in [2.05, 4.69) is 89.4 Å². The minimum atomic E-state index is -0.609. The largest absolute Gasteiger partial charge is 0.385 e. The first-order valence-corrected chi connectivity index (χ1v) is 25.9. The van der Waals surface area contributed by atoms with E-state index in [-0.39, 0.29) is 35.6 Å². The molecule has 69 heavy (non-hydrogen) atoms. The number of nitrogens with one attached hydrogen (secondary N) is 5. The highest BCUT2D eigenvalue weighted by Crippen LogP contribution is 2.34. The summed E-state index contributed by atoms with van der Waals surface area (Å²) in [6.07, 6.45) is 16.5. The smallest absolute Gasteiger partial charge is 0.255 e. The molecule has 16 heteroatoms. The Kier molecular flexibility index (Phi) is 16.7. The number of nitrogens with zero attached hydrogens (tertiary/aromatic N) is 6. The Morgan fingerprint density at radius 2 is 1.48 bits per heavy atom. The van der Waals surface area contributed by atoms with Gasteiger partial charge in [0.15, 0.2) is 0 Å². The van der Waals surface area contributed by atoms with Crippen molar-refractivity contribution in [1.29, 1.82) is 0 Å². The number of benzene rings is 2. The van der Waals surface area contributed by atoms with Crippen LogP contribution in [0.1, 0.15) is 138 Å². The summed E-state index contributed by atoms with van der Waals surface area (Å²) in [6.45, 7) is 13.3. The highest BCUT2D eigenvalue weighted by Gasteiger charge is 2.42. The molecule has 3 aromatic rings. The summed E-state index contributed by atoms with van der Waals surface area (Å²) in [4.78, 5) is 80.4. The van der Waals surface area contributed by atoms with E-state index >= 15 is 0 Å². The number of imide groups is 1. The standard InChI is InChI=1S/C53H75N11O5/c1-52(2)22-29-61(30-23-52)34-39-16-18-40(19-17-39)63-36-49(67)60-53(37-63)24-31-62(32-25-53)46-33-45(57-38-58-46)55-27-12-28-56-47(65)15-9-7-5-3-4-6-8-10-26-54-43-14-11-13-41-42(43)35-64(51(41)69)44-20-21-48(66)59-50(44)68/h11,13-14,16-19,33,38,44,54H,3-10,12,15,20-32,34-37H2,1-2H3,(H,56,65)(H,60,67)(H,55,57,58)(H,59,66,68). The summed E-state index contributed by atoms with van der Waals surface area (Å²) < 4.78 is 0. The van der Waals surface area contributed by atoms with E-state index < -0.39 is 11.9 Å². The molecule has 2 aromatic carbocycles. The third-order valence-corrected chi connectivity index (χ3v) is 15.1. The van der Waals surface area contributed by atoms with Gasteiger partial charge < -0.3 is 36.0 Å². The number of aromatic nitrogens is 2. The lowest BCUT2D eigenvalue weighted by Crippen LogP contribution is -2.66. The molecule has 1 atom stereocenters. The van der Waals surface area contributed by atoms with E-state index in [9.17, 15) is 24.0 Å². The summed E-state index contributed by atoms with van der Waals surface area (Å²) in [5, 5.41) is 15.7. The van der Waals surface area contributed by atoms with Gasteiger partial charge in [0, 0.05) is 93.8 Å². The SMILES string of the molecule is CC1(C)CCN(Cc2ccc(N3CC(=O)NC4(CCN(c5cc(NCCCNC(=O)CCCCCCCCCCNc6cccc7c6CN(C6CCC(=O)NC6=O)C7=O)ncn5)CC4)C3)cc2)CC1. The molecule has 5 aliphatic heterocycles. The molecule has 4 fully saturated rings. The lowest BCUT2D eigenvalue weighted by molar-refractivity contribution is -0.137. The van der Waals surface area contributed by atoms with E-state index in [0.29, 0.717) is 50.0 Å². The Balaban J connectivity index is 0.641. The van der Waals surface area contributed by atoms with Crippen LogP contribution in [0.25, 0.3) is 0 Å². The molecular weight excluding hydrogens is 871 g/mol. The van der Waals surface area contributed by atoms with E-state index in [1.807, 2.05) is 24.3 Å². The van der Waals surface area contributed by atoms with Crippen molar-refractivity contribution in [2.45, 2.75) is 141 Å². The van der Waals surface area contributed by atoms with E-state index in [1.165, 1.54) is 31.2 Å². The molecule has 0 bridgehead atoms. The van der Waals surface area contributed by atoms with Gasteiger partial charge in [-0.15, -0.1) is 0 Å². The molecule has 1 unspecified atom stereocenters. The zero-order valence-electron chi connectivity index (χ0n) is 41.1. The zero-order valence-corrected chi connectivity index (χ0v) is 41.1. The normalized spacial score (nSPS) is 20.1. The van der Waals surface area contributed by atoms with Crippen molar-refractivity contribution in [1.82, 2.24) is 35.7 Å². The van der Waals surface area contributed by atoms with Gasteiger partial charge in [-0.05, 0) is 99.7 Å². The maximum Gasteiger partial charge on any atom is 0.255 e. The van der Waals surface area contributed by atoms with Gasteiger partial charge >= 0.3 is 0 Å². The van der Waals surface area contributed by atoms with Crippen molar-refractivity contribution >= 4 is 52.5 Å². The van der Waals surface area contributed by atoms with Crippen molar-refractivity contribution < 1.29 is 24.0 Å². The van der Waals surface area contributed by atoms with Gasteiger partial charge in [-0.3, -0.25) is 34.2 Å². The topological polar surface area (TPSA) is 184 Å². The number of carbonyl (C=O) groups excluding carboxylic acids is 5. The van der Waals surface area contributed by atoms with Gasteiger partial charge in [0.05, 0.1) is 12.1 Å². The minimum Gasteiger partial charge on any atom is -0.385 e. The second-order valence-corrected chi connectivity index (χ2v) is 20.9. The van der Waals surface area contributed by atoms with Gasteiger partial charge in [0.25, 0.3) is 5.91 Å². The maximum atomic E-state index is 13.1. The number of hydrogen-bond donors (Lipinski definition) is 5. The summed E-state index contributed by atoms with van der Waals surface area (Å²) in [6, 6.07) is 15.9. The van der Waals surface area contributed by atoms with E-state index in [4.69, 9.17) is 0 Å². The average Bonchev–Trinajstić information content (AvgIpc) is 3.67. The van der Waals surface area contributed by atoms with E-state index in [1.54, 1.807) is 11.2 Å². The Bertz CT molecular complexity index is 2250. The Labute approximate surface area is 408 Å². The van der Waals surface area contributed by atoms with Crippen LogP contribution in [0.2, 0.25) is 0 Å². The minimum absolute atomic E-state index is 0.0829. The molecule has 1 aromatic heterocycles.